The summed E-state index contributed by atoms with van der Waals surface area (Å²) in [4.78, 5) is 20.4. The molecule has 0 aliphatic carbocycles. The maximum Gasteiger partial charge on any atom is 0.335 e. The molecule has 1 aromatic heterocycles. The Hall–Kier alpha value is -1.62. The third kappa shape index (κ3) is 3.48. The van der Waals surface area contributed by atoms with Gasteiger partial charge in [-0.05, 0) is 38.1 Å². The van der Waals surface area contributed by atoms with E-state index in [0.717, 1.165) is 44.1 Å². The number of anilines is 1. The highest BCUT2D eigenvalue weighted by Crippen LogP contribution is 2.21. The Morgan fingerprint density at radius 2 is 2.00 bits per heavy atom. The molecule has 20 heavy (non-hydrogen) atoms. The molecule has 0 unspecified atom stereocenters. The molecule has 1 fully saturated rings. The number of rotatable bonds is 3. The predicted molar refractivity (Wildman–Crippen MR) is 79.6 cm³/mol. The molecule has 0 atom stereocenters. The van der Waals surface area contributed by atoms with Gasteiger partial charge in [0, 0.05) is 25.3 Å². The van der Waals surface area contributed by atoms with Crippen molar-refractivity contribution in [3.05, 3.63) is 23.4 Å². The number of hydrogen-bond donors (Lipinski definition) is 1. The molecule has 0 radical (unpaired) electrons. The lowest BCUT2D eigenvalue weighted by molar-refractivity contribution is 0.0696. The lowest BCUT2D eigenvalue weighted by Gasteiger charge is -2.23. The lowest BCUT2D eigenvalue weighted by atomic mass is 10.1. The molecule has 1 aliphatic rings. The number of carboxylic acids is 1. The first kappa shape index (κ1) is 14.8. The zero-order chi connectivity index (χ0) is 14.7. The van der Waals surface area contributed by atoms with Gasteiger partial charge in [0.25, 0.3) is 0 Å². The SMILES string of the molecule is CC(C)c1cc(C(=O)O)cc(N2CCCN(C)CC2)n1. The molecule has 2 rings (SSSR count). The zero-order valence-electron chi connectivity index (χ0n) is 12.5. The molecule has 110 valence electrons. The third-order valence-electron chi connectivity index (χ3n) is 3.71. The highest BCUT2D eigenvalue weighted by molar-refractivity contribution is 5.88. The summed E-state index contributed by atoms with van der Waals surface area (Å²) in [5, 5.41) is 9.26. The maximum atomic E-state index is 11.3. The Balaban J connectivity index is 2.32. The first-order chi connectivity index (χ1) is 9.47. The first-order valence-electron chi connectivity index (χ1n) is 7.16. The minimum Gasteiger partial charge on any atom is -0.478 e. The maximum absolute atomic E-state index is 11.3. The number of aromatic carboxylic acids is 1. The summed E-state index contributed by atoms with van der Waals surface area (Å²) in [7, 11) is 2.12. The molecule has 0 amide bonds. The third-order valence-corrected chi connectivity index (χ3v) is 3.71. The largest absolute Gasteiger partial charge is 0.478 e. The first-order valence-corrected chi connectivity index (χ1v) is 7.16. The fourth-order valence-corrected chi connectivity index (χ4v) is 2.39. The molecule has 1 saturated heterocycles. The van der Waals surface area contributed by atoms with E-state index < -0.39 is 5.97 Å². The second-order valence-corrected chi connectivity index (χ2v) is 5.74. The van der Waals surface area contributed by atoms with Gasteiger partial charge in [-0.1, -0.05) is 13.8 Å². The fourth-order valence-electron chi connectivity index (χ4n) is 2.39. The summed E-state index contributed by atoms with van der Waals surface area (Å²) >= 11 is 0. The highest BCUT2D eigenvalue weighted by Gasteiger charge is 2.17. The summed E-state index contributed by atoms with van der Waals surface area (Å²) < 4.78 is 0. The van der Waals surface area contributed by atoms with Gasteiger partial charge >= 0.3 is 5.97 Å². The number of likely N-dealkylation sites (N-methyl/N-ethyl adjacent to an activating group) is 1. The Morgan fingerprint density at radius 1 is 1.25 bits per heavy atom. The average Bonchev–Trinajstić information content (AvgIpc) is 2.63. The van der Waals surface area contributed by atoms with Crippen LogP contribution in [-0.4, -0.2) is 54.2 Å². The topological polar surface area (TPSA) is 56.7 Å². The smallest absolute Gasteiger partial charge is 0.335 e. The van der Waals surface area contributed by atoms with E-state index in [1.807, 2.05) is 13.8 Å². The molecule has 1 N–H and O–H groups in total. The van der Waals surface area contributed by atoms with Gasteiger partial charge in [0.15, 0.2) is 0 Å². The van der Waals surface area contributed by atoms with Crippen molar-refractivity contribution in [2.45, 2.75) is 26.2 Å². The normalized spacial score (nSPS) is 17.3. The Kier molecular flexibility index (Phi) is 4.60. The van der Waals surface area contributed by atoms with Crippen molar-refractivity contribution in [1.82, 2.24) is 9.88 Å². The molecule has 0 aromatic carbocycles. The van der Waals surface area contributed by atoms with E-state index in [4.69, 9.17) is 0 Å². The van der Waals surface area contributed by atoms with Crippen LogP contribution in [0.15, 0.2) is 12.1 Å². The summed E-state index contributed by atoms with van der Waals surface area (Å²) in [5.74, 6) is 0.133. The second kappa shape index (κ2) is 6.22. The van der Waals surface area contributed by atoms with Gasteiger partial charge in [0.1, 0.15) is 5.82 Å². The van der Waals surface area contributed by atoms with Gasteiger partial charge in [-0.3, -0.25) is 0 Å². The van der Waals surface area contributed by atoms with E-state index in [9.17, 15) is 9.90 Å². The lowest BCUT2D eigenvalue weighted by Crippen LogP contribution is -2.29. The number of aromatic nitrogens is 1. The van der Waals surface area contributed by atoms with Crippen LogP contribution < -0.4 is 4.90 Å². The monoisotopic (exact) mass is 277 g/mol. The Morgan fingerprint density at radius 3 is 2.65 bits per heavy atom. The number of pyridine rings is 1. The van der Waals surface area contributed by atoms with Gasteiger partial charge in [-0.2, -0.15) is 0 Å². The van der Waals surface area contributed by atoms with Crippen LogP contribution in [0.5, 0.6) is 0 Å². The van der Waals surface area contributed by atoms with Crippen molar-refractivity contribution in [3.63, 3.8) is 0 Å². The van der Waals surface area contributed by atoms with Gasteiger partial charge < -0.3 is 14.9 Å². The molecule has 0 saturated carbocycles. The van der Waals surface area contributed by atoms with Crippen LogP contribution in [0.2, 0.25) is 0 Å². The van der Waals surface area contributed by atoms with Crippen LogP contribution in [-0.2, 0) is 0 Å². The van der Waals surface area contributed by atoms with Crippen LogP contribution in [0.4, 0.5) is 5.82 Å². The van der Waals surface area contributed by atoms with Crippen LogP contribution in [0, 0.1) is 0 Å². The van der Waals surface area contributed by atoms with Gasteiger partial charge in [0.05, 0.1) is 5.56 Å². The minimum atomic E-state index is -0.887. The summed E-state index contributed by atoms with van der Waals surface area (Å²) in [6, 6.07) is 3.37. The number of nitrogens with zero attached hydrogens (tertiary/aromatic N) is 3. The second-order valence-electron chi connectivity index (χ2n) is 5.74. The van der Waals surface area contributed by atoms with E-state index in [1.165, 1.54) is 0 Å². The Labute approximate surface area is 120 Å². The molecular weight excluding hydrogens is 254 g/mol. The van der Waals surface area contributed by atoms with E-state index >= 15 is 0 Å². The molecule has 0 spiro atoms. The molecule has 1 aromatic rings. The molecule has 0 bridgehead atoms. The van der Waals surface area contributed by atoms with E-state index in [1.54, 1.807) is 12.1 Å². The van der Waals surface area contributed by atoms with Crippen molar-refractivity contribution < 1.29 is 9.90 Å². The fraction of sp³-hybridized carbons (Fsp3) is 0.600. The van der Waals surface area contributed by atoms with Crippen molar-refractivity contribution in [2.75, 3.05) is 38.1 Å². The van der Waals surface area contributed by atoms with E-state index in [0.29, 0.717) is 5.56 Å². The van der Waals surface area contributed by atoms with Crippen LogP contribution in [0.25, 0.3) is 0 Å². The van der Waals surface area contributed by atoms with Gasteiger partial charge in [-0.25, -0.2) is 9.78 Å². The standard InChI is InChI=1S/C15H23N3O2/c1-11(2)13-9-12(15(19)20)10-14(16-13)18-6-4-5-17(3)7-8-18/h9-11H,4-8H2,1-3H3,(H,19,20). The molecular formula is C15H23N3O2. The summed E-state index contributed by atoms with van der Waals surface area (Å²) in [6.07, 6.45) is 1.08. The van der Waals surface area contributed by atoms with Crippen molar-refractivity contribution in [3.8, 4) is 0 Å². The molecule has 1 aliphatic heterocycles. The van der Waals surface area contributed by atoms with Crippen molar-refractivity contribution in [1.29, 1.82) is 0 Å². The van der Waals surface area contributed by atoms with E-state index in [2.05, 4.69) is 21.8 Å². The van der Waals surface area contributed by atoms with Crippen molar-refractivity contribution >= 4 is 11.8 Å². The van der Waals surface area contributed by atoms with Crippen LogP contribution >= 0.6 is 0 Å². The zero-order valence-corrected chi connectivity index (χ0v) is 12.5. The minimum absolute atomic E-state index is 0.225. The number of carbonyl (C=O) groups is 1. The van der Waals surface area contributed by atoms with Gasteiger partial charge in [0.2, 0.25) is 0 Å². The predicted octanol–water partition coefficient (Wildman–Crippen LogP) is 2.05. The number of hydrogen-bond acceptors (Lipinski definition) is 4. The summed E-state index contributed by atoms with van der Waals surface area (Å²) in [6.45, 7) is 7.95. The summed E-state index contributed by atoms with van der Waals surface area (Å²) in [5.41, 5.74) is 1.17. The van der Waals surface area contributed by atoms with Crippen molar-refractivity contribution in [2.24, 2.45) is 0 Å². The average molecular weight is 277 g/mol. The molecule has 5 nitrogen and oxygen atoms in total. The molecule has 2 heterocycles. The quantitative estimate of drug-likeness (QED) is 0.916. The van der Waals surface area contributed by atoms with E-state index in [-0.39, 0.29) is 5.92 Å². The molecule has 5 heteroatoms. The van der Waals surface area contributed by atoms with Crippen LogP contribution in [0.3, 0.4) is 0 Å². The number of carboxylic acid groups (broad SMARTS) is 1. The van der Waals surface area contributed by atoms with Crippen LogP contribution in [0.1, 0.15) is 42.2 Å². The Bertz CT molecular complexity index is 488. The highest BCUT2D eigenvalue weighted by atomic mass is 16.4. The van der Waals surface area contributed by atoms with Gasteiger partial charge in [-0.15, -0.1) is 0 Å².